The van der Waals surface area contributed by atoms with Crippen LogP contribution in [0.3, 0.4) is 0 Å². The highest BCUT2D eigenvalue weighted by Crippen LogP contribution is 2.31. The van der Waals surface area contributed by atoms with Gasteiger partial charge in [-0.15, -0.1) is 0 Å². The summed E-state index contributed by atoms with van der Waals surface area (Å²) in [5.74, 6) is -0.199. The Kier molecular flexibility index (Phi) is 7.08. The van der Waals surface area contributed by atoms with E-state index in [9.17, 15) is 18.0 Å². The van der Waals surface area contributed by atoms with Crippen LogP contribution in [0, 0.1) is 0 Å². The molecule has 182 valence electrons. The number of aryl methyl sites for hydroxylation is 1. The third-order valence-electron chi connectivity index (χ3n) is 6.05. The summed E-state index contributed by atoms with van der Waals surface area (Å²) in [6.45, 7) is 3.30. The number of nitrogens with zero attached hydrogens (tertiary/aromatic N) is 3. The summed E-state index contributed by atoms with van der Waals surface area (Å²) in [6.07, 6.45) is 3.43. The fraction of sp³-hybridized carbons (Fsp3) is 0.417. The molecule has 0 saturated carbocycles. The van der Waals surface area contributed by atoms with Gasteiger partial charge >= 0.3 is 5.69 Å². The first-order chi connectivity index (χ1) is 16.4. The number of imidazole rings is 1. The second-order valence-corrected chi connectivity index (χ2v) is 10.3. The summed E-state index contributed by atoms with van der Waals surface area (Å²) in [5.41, 5.74) is 1.54. The van der Waals surface area contributed by atoms with Gasteiger partial charge in [-0.25, -0.2) is 13.2 Å². The van der Waals surface area contributed by atoms with Crippen molar-refractivity contribution < 1.29 is 17.9 Å². The number of carbonyl (C=O) groups is 1. The molecule has 1 aliphatic rings. The van der Waals surface area contributed by atoms with Gasteiger partial charge in [-0.1, -0.05) is 25.5 Å². The summed E-state index contributed by atoms with van der Waals surface area (Å²) >= 11 is 0. The minimum absolute atomic E-state index is 0.0198. The van der Waals surface area contributed by atoms with Crippen LogP contribution in [0.2, 0.25) is 0 Å². The Morgan fingerprint density at radius 3 is 2.35 bits per heavy atom. The van der Waals surface area contributed by atoms with Gasteiger partial charge in [0, 0.05) is 25.3 Å². The number of fused-ring (bicyclic) bond motifs is 1. The number of rotatable bonds is 8. The lowest BCUT2D eigenvalue weighted by atomic mass is 10.2. The first kappa shape index (κ1) is 24.0. The Bertz CT molecular complexity index is 1350. The Balaban J connectivity index is 1.61. The van der Waals surface area contributed by atoms with Gasteiger partial charge in [0.15, 0.2) is 0 Å². The fourth-order valence-electron chi connectivity index (χ4n) is 4.41. The van der Waals surface area contributed by atoms with Crippen molar-refractivity contribution in [2.75, 3.05) is 25.5 Å². The van der Waals surface area contributed by atoms with Gasteiger partial charge in [-0.2, -0.15) is 4.31 Å². The number of piperidine rings is 1. The molecule has 9 nitrogen and oxygen atoms in total. The summed E-state index contributed by atoms with van der Waals surface area (Å²) in [4.78, 5) is 25.9. The number of carbonyl (C=O) groups excluding carboxylic acids is 1. The first-order valence-electron chi connectivity index (χ1n) is 11.5. The number of methoxy groups -OCH3 is 1. The average Bonchev–Trinajstić information content (AvgIpc) is 3.11. The van der Waals surface area contributed by atoms with Gasteiger partial charge in [-0.05, 0) is 49.6 Å². The monoisotopic (exact) mass is 486 g/mol. The van der Waals surface area contributed by atoms with Crippen LogP contribution < -0.4 is 15.7 Å². The van der Waals surface area contributed by atoms with E-state index in [2.05, 4.69) is 5.32 Å². The lowest BCUT2D eigenvalue weighted by Gasteiger charge is -2.26. The van der Waals surface area contributed by atoms with Crippen molar-refractivity contribution in [3.05, 3.63) is 52.9 Å². The molecule has 0 unspecified atom stereocenters. The smallest absolute Gasteiger partial charge is 0.329 e. The quantitative estimate of drug-likeness (QED) is 0.527. The van der Waals surface area contributed by atoms with Crippen molar-refractivity contribution in [2.45, 2.75) is 50.6 Å². The van der Waals surface area contributed by atoms with Crippen LogP contribution in [0.1, 0.15) is 32.6 Å². The zero-order chi connectivity index (χ0) is 24.3. The standard InChI is InChI=1S/C24H30N4O5S/c1-3-13-27-19-9-5-6-10-20(19)28(24(27)30)17-23(29)25-18-11-12-21(33-2)22(16-18)34(31,32)26-14-7-4-8-15-26/h5-6,9-12,16H,3-4,7-8,13-15,17H2,1-2H3,(H,25,29). The number of amides is 1. The second kappa shape index (κ2) is 10.0. The summed E-state index contributed by atoms with van der Waals surface area (Å²) < 4.78 is 36.3. The molecule has 1 N–H and O–H groups in total. The molecule has 0 spiro atoms. The maximum atomic E-state index is 13.2. The van der Waals surface area contributed by atoms with Crippen molar-refractivity contribution in [3.8, 4) is 5.75 Å². The highest BCUT2D eigenvalue weighted by atomic mass is 32.2. The molecule has 2 aromatic carbocycles. The molecule has 4 rings (SSSR count). The molecule has 0 radical (unpaired) electrons. The number of benzene rings is 2. The van der Waals surface area contributed by atoms with Gasteiger partial charge in [-0.3, -0.25) is 13.9 Å². The highest BCUT2D eigenvalue weighted by Gasteiger charge is 2.29. The van der Waals surface area contributed by atoms with Gasteiger partial charge in [0.2, 0.25) is 15.9 Å². The molecule has 3 aromatic rings. The summed E-state index contributed by atoms with van der Waals surface area (Å²) in [5, 5.41) is 2.74. The van der Waals surface area contributed by atoms with Crippen molar-refractivity contribution in [1.82, 2.24) is 13.4 Å². The predicted molar refractivity (Wildman–Crippen MR) is 131 cm³/mol. The largest absolute Gasteiger partial charge is 0.495 e. The number of sulfonamides is 1. The molecule has 0 bridgehead atoms. The Morgan fingerprint density at radius 1 is 1.03 bits per heavy atom. The van der Waals surface area contributed by atoms with E-state index in [0.717, 1.165) is 31.2 Å². The minimum Gasteiger partial charge on any atom is -0.495 e. The molecule has 0 atom stereocenters. The van der Waals surface area contributed by atoms with E-state index >= 15 is 0 Å². The number of hydrogen-bond acceptors (Lipinski definition) is 5. The van der Waals surface area contributed by atoms with E-state index < -0.39 is 15.9 Å². The highest BCUT2D eigenvalue weighted by molar-refractivity contribution is 7.89. The first-order valence-corrected chi connectivity index (χ1v) is 13.0. The van der Waals surface area contributed by atoms with Crippen LogP contribution in [0.25, 0.3) is 11.0 Å². The molecule has 2 heterocycles. The van der Waals surface area contributed by atoms with Crippen molar-refractivity contribution in [3.63, 3.8) is 0 Å². The number of ether oxygens (including phenoxy) is 1. The van der Waals surface area contributed by atoms with Gasteiger partial charge < -0.3 is 10.1 Å². The molecular formula is C24H30N4O5S. The van der Waals surface area contributed by atoms with E-state index in [1.165, 1.54) is 28.1 Å². The average molecular weight is 487 g/mol. The SMILES string of the molecule is CCCn1c(=O)n(CC(=O)Nc2ccc(OC)c(S(=O)(=O)N3CCCCC3)c2)c2ccccc21. The van der Waals surface area contributed by atoms with E-state index in [1.54, 1.807) is 10.6 Å². The second-order valence-electron chi connectivity index (χ2n) is 8.39. The number of aromatic nitrogens is 2. The number of hydrogen-bond donors (Lipinski definition) is 1. The Morgan fingerprint density at radius 2 is 1.71 bits per heavy atom. The minimum atomic E-state index is -3.76. The lowest BCUT2D eigenvalue weighted by molar-refractivity contribution is -0.116. The third-order valence-corrected chi connectivity index (χ3v) is 7.97. The summed E-state index contributed by atoms with van der Waals surface area (Å²) in [6, 6.07) is 11.9. The Hall–Kier alpha value is -3.11. The van der Waals surface area contributed by atoms with Gasteiger partial charge in [0.1, 0.15) is 17.2 Å². The maximum Gasteiger partial charge on any atom is 0.329 e. The fourth-order valence-corrected chi connectivity index (χ4v) is 6.11. The number of anilines is 1. The molecule has 10 heteroatoms. The number of para-hydroxylation sites is 2. The summed E-state index contributed by atoms with van der Waals surface area (Å²) in [7, 11) is -2.34. The molecule has 1 aliphatic heterocycles. The van der Waals surface area contributed by atoms with Crippen molar-refractivity contribution >= 4 is 32.7 Å². The zero-order valence-electron chi connectivity index (χ0n) is 19.5. The van der Waals surface area contributed by atoms with Crippen LogP contribution in [-0.2, 0) is 27.9 Å². The Labute approximate surface area is 199 Å². The van der Waals surface area contributed by atoms with E-state index in [4.69, 9.17) is 4.74 Å². The predicted octanol–water partition coefficient (Wildman–Crippen LogP) is 3.03. The lowest BCUT2D eigenvalue weighted by Crippen LogP contribution is -2.35. The molecule has 1 saturated heterocycles. The van der Waals surface area contributed by atoms with Crippen molar-refractivity contribution in [2.24, 2.45) is 0 Å². The van der Waals surface area contributed by atoms with Crippen LogP contribution in [0.5, 0.6) is 5.75 Å². The maximum absolute atomic E-state index is 13.2. The van der Waals surface area contributed by atoms with Crippen LogP contribution >= 0.6 is 0 Å². The van der Waals surface area contributed by atoms with Gasteiger partial charge in [0.25, 0.3) is 0 Å². The zero-order valence-corrected chi connectivity index (χ0v) is 20.3. The van der Waals surface area contributed by atoms with Crippen LogP contribution in [0.15, 0.2) is 52.2 Å². The molecule has 0 aliphatic carbocycles. The molecular weight excluding hydrogens is 456 g/mol. The van der Waals surface area contributed by atoms with Crippen molar-refractivity contribution in [1.29, 1.82) is 0 Å². The molecule has 1 fully saturated rings. The van der Waals surface area contributed by atoms with Crippen LogP contribution in [0.4, 0.5) is 5.69 Å². The van der Waals surface area contributed by atoms with E-state index in [-0.39, 0.29) is 22.9 Å². The van der Waals surface area contributed by atoms with Gasteiger partial charge in [0.05, 0.1) is 18.1 Å². The molecule has 1 aromatic heterocycles. The molecule has 1 amide bonds. The van der Waals surface area contributed by atoms with E-state index in [1.807, 2.05) is 31.2 Å². The molecule has 34 heavy (non-hydrogen) atoms. The van der Waals surface area contributed by atoms with E-state index in [0.29, 0.717) is 30.8 Å². The normalized spacial score (nSPS) is 14.9. The topological polar surface area (TPSA) is 103 Å². The number of nitrogens with one attached hydrogen (secondary N) is 1. The third kappa shape index (κ3) is 4.60. The van der Waals surface area contributed by atoms with Crippen LogP contribution in [-0.4, -0.2) is 48.0 Å².